The molecule has 0 amide bonds. The molecule has 33 heavy (non-hydrogen) atoms. The van der Waals surface area contributed by atoms with E-state index < -0.39 is 4.92 Å². The Morgan fingerprint density at radius 3 is 2.48 bits per heavy atom. The van der Waals surface area contributed by atoms with Gasteiger partial charge in [-0.1, -0.05) is 28.1 Å². The van der Waals surface area contributed by atoms with E-state index in [4.69, 9.17) is 14.2 Å². The van der Waals surface area contributed by atoms with Crippen molar-refractivity contribution in [3.05, 3.63) is 92.4 Å². The summed E-state index contributed by atoms with van der Waals surface area (Å²) in [4.78, 5) is 10.3. The fraction of sp³-hybridized carbons (Fsp3) is 0.208. The van der Waals surface area contributed by atoms with E-state index in [9.17, 15) is 10.1 Å². The van der Waals surface area contributed by atoms with Gasteiger partial charge in [0.05, 0.1) is 30.0 Å². The number of non-ortho nitro benzene ring substituents is 1. The summed E-state index contributed by atoms with van der Waals surface area (Å²) in [7, 11) is 0. The van der Waals surface area contributed by atoms with Gasteiger partial charge in [0, 0.05) is 22.2 Å². The van der Waals surface area contributed by atoms with Crippen LogP contribution in [0.1, 0.15) is 11.1 Å². The average molecular weight is 514 g/mol. The van der Waals surface area contributed by atoms with Crippen LogP contribution in [0.2, 0.25) is 0 Å². The Kier molecular flexibility index (Phi) is 9.22. The number of benzene rings is 3. The third kappa shape index (κ3) is 8.21. The Balaban J connectivity index is 1.43. The molecule has 0 heterocycles. The highest BCUT2D eigenvalue weighted by Gasteiger charge is 2.05. The van der Waals surface area contributed by atoms with E-state index in [2.05, 4.69) is 26.5 Å². The van der Waals surface area contributed by atoms with E-state index in [-0.39, 0.29) is 5.69 Å². The SMILES string of the molecule is Cc1cccc(OCCOCCOc2ccc(Br)cc2/C=N\Nc2ccc([N+](=O)[O-])cc2)c1. The predicted octanol–water partition coefficient (Wildman–Crippen LogP) is 5.59. The first kappa shape index (κ1) is 24.2. The maximum absolute atomic E-state index is 10.7. The molecule has 3 rings (SSSR count). The Morgan fingerprint density at radius 2 is 1.76 bits per heavy atom. The van der Waals surface area contributed by atoms with Crippen LogP contribution in [-0.2, 0) is 4.74 Å². The van der Waals surface area contributed by atoms with Crippen molar-refractivity contribution in [2.75, 3.05) is 31.9 Å². The van der Waals surface area contributed by atoms with Gasteiger partial charge in [-0.2, -0.15) is 5.10 Å². The molecule has 0 saturated carbocycles. The van der Waals surface area contributed by atoms with E-state index in [1.165, 1.54) is 12.1 Å². The Hall–Kier alpha value is -3.43. The van der Waals surface area contributed by atoms with Crippen LogP contribution < -0.4 is 14.9 Å². The van der Waals surface area contributed by atoms with E-state index in [0.29, 0.717) is 37.9 Å². The van der Waals surface area contributed by atoms with Crippen molar-refractivity contribution in [3.8, 4) is 11.5 Å². The minimum Gasteiger partial charge on any atom is -0.491 e. The highest BCUT2D eigenvalue weighted by atomic mass is 79.9. The van der Waals surface area contributed by atoms with Crippen molar-refractivity contribution in [1.29, 1.82) is 0 Å². The van der Waals surface area contributed by atoms with Gasteiger partial charge in [-0.25, -0.2) is 0 Å². The monoisotopic (exact) mass is 513 g/mol. The fourth-order valence-electron chi connectivity index (χ4n) is 2.82. The van der Waals surface area contributed by atoms with Crippen molar-refractivity contribution < 1.29 is 19.1 Å². The van der Waals surface area contributed by atoms with Crippen LogP contribution in [0.25, 0.3) is 0 Å². The molecule has 9 heteroatoms. The molecule has 0 aliphatic heterocycles. The minimum absolute atomic E-state index is 0.0242. The zero-order valence-electron chi connectivity index (χ0n) is 18.1. The lowest BCUT2D eigenvalue weighted by Gasteiger charge is -2.11. The lowest BCUT2D eigenvalue weighted by atomic mass is 10.2. The van der Waals surface area contributed by atoms with Gasteiger partial charge in [0.15, 0.2) is 0 Å². The predicted molar refractivity (Wildman–Crippen MR) is 131 cm³/mol. The van der Waals surface area contributed by atoms with Gasteiger partial charge in [0.1, 0.15) is 24.7 Å². The highest BCUT2D eigenvalue weighted by molar-refractivity contribution is 9.10. The molecule has 0 spiro atoms. The molecular weight excluding hydrogens is 490 g/mol. The fourth-order valence-corrected chi connectivity index (χ4v) is 3.20. The third-order valence-corrected chi connectivity index (χ3v) is 4.91. The van der Waals surface area contributed by atoms with Gasteiger partial charge in [-0.15, -0.1) is 0 Å². The van der Waals surface area contributed by atoms with Gasteiger partial charge in [0.25, 0.3) is 5.69 Å². The number of halogens is 1. The number of aryl methyl sites for hydroxylation is 1. The summed E-state index contributed by atoms with van der Waals surface area (Å²) in [5.41, 5.74) is 5.43. The molecule has 0 aliphatic rings. The van der Waals surface area contributed by atoms with Crippen LogP contribution in [-0.4, -0.2) is 37.6 Å². The van der Waals surface area contributed by atoms with Crippen LogP contribution in [0.15, 0.2) is 76.3 Å². The average Bonchev–Trinajstić information content (AvgIpc) is 2.80. The van der Waals surface area contributed by atoms with E-state index in [1.807, 2.05) is 49.4 Å². The Bertz CT molecular complexity index is 1090. The molecule has 0 aromatic heterocycles. The van der Waals surface area contributed by atoms with Crippen molar-refractivity contribution in [2.24, 2.45) is 5.10 Å². The summed E-state index contributed by atoms with van der Waals surface area (Å²) in [5.74, 6) is 1.49. The summed E-state index contributed by atoms with van der Waals surface area (Å²) in [6.07, 6.45) is 1.62. The molecule has 0 atom stereocenters. The Labute approximate surface area is 200 Å². The minimum atomic E-state index is -0.445. The standard InChI is InChI=1S/C24H24BrN3O5/c1-18-3-2-4-23(15-18)32-13-11-31-12-14-33-24-10-5-20(25)16-19(24)17-26-27-21-6-8-22(9-7-21)28(29)30/h2-10,15-17,27H,11-14H2,1H3/b26-17-. The van der Waals surface area contributed by atoms with E-state index in [0.717, 1.165) is 21.3 Å². The normalized spacial score (nSPS) is 10.8. The van der Waals surface area contributed by atoms with Gasteiger partial charge in [-0.3, -0.25) is 15.5 Å². The maximum atomic E-state index is 10.7. The van der Waals surface area contributed by atoms with Crippen LogP contribution in [0.4, 0.5) is 11.4 Å². The molecule has 0 radical (unpaired) electrons. The summed E-state index contributed by atoms with van der Waals surface area (Å²) >= 11 is 3.45. The second-order valence-electron chi connectivity index (χ2n) is 6.98. The van der Waals surface area contributed by atoms with Crippen LogP contribution in [0.3, 0.4) is 0 Å². The Morgan fingerprint density at radius 1 is 1.00 bits per heavy atom. The number of hydrazone groups is 1. The van der Waals surface area contributed by atoms with E-state index >= 15 is 0 Å². The summed E-state index contributed by atoms with van der Waals surface area (Å²) < 4.78 is 18.0. The molecule has 0 saturated heterocycles. The highest BCUT2D eigenvalue weighted by Crippen LogP contribution is 2.22. The molecule has 0 aliphatic carbocycles. The number of nitrogens with zero attached hydrogens (tertiary/aromatic N) is 2. The number of anilines is 1. The zero-order chi connectivity index (χ0) is 23.5. The van der Waals surface area contributed by atoms with E-state index in [1.54, 1.807) is 18.3 Å². The topological polar surface area (TPSA) is 95.2 Å². The molecular formula is C24H24BrN3O5. The maximum Gasteiger partial charge on any atom is 0.269 e. The lowest BCUT2D eigenvalue weighted by molar-refractivity contribution is -0.384. The second-order valence-corrected chi connectivity index (χ2v) is 7.90. The van der Waals surface area contributed by atoms with Crippen molar-refractivity contribution in [2.45, 2.75) is 6.92 Å². The van der Waals surface area contributed by atoms with Gasteiger partial charge in [0.2, 0.25) is 0 Å². The number of ether oxygens (including phenoxy) is 3. The van der Waals surface area contributed by atoms with Crippen molar-refractivity contribution in [1.82, 2.24) is 0 Å². The number of nitro groups is 1. The smallest absolute Gasteiger partial charge is 0.269 e. The first-order chi connectivity index (χ1) is 16.0. The first-order valence-corrected chi connectivity index (χ1v) is 11.0. The van der Waals surface area contributed by atoms with Crippen LogP contribution in [0.5, 0.6) is 11.5 Å². The van der Waals surface area contributed by atoms with Crippen molar-refractivity contribution >= 4 is 33.5 Å². The third-order valence-electron chi connectivity index (χ3n) is 4.42. The summed E-state index contributed by atoms with van der Waals surface area (Å²) in [6.45, 7) is 3.75. The lowest BCUT2D eigenvalue weighted by Crippen LogP contribution is -2.12. The summed E-state index contributed by atoms with van der Waals surface area (Å²) in [5, 5.41) is 14.9. The zero-order valence-corrected chi connectivity index (χ0v) is 19.7. The number of hydrogen-bond donors (Lipinski definition) is 1. The molecule has 0 unspecified atom stereocenters. The molecule has 3 aromatic carbocycles. The number of hydrogen-bond acceptors (Lipinski definition) is 7. The molecule has 0 bridgehead atoms. The number of rotatable bonds is 12. The molecule has 1 N–H and O–H groups in total. The molecule has 8 nitrogen and oxygen atoms in total. The number of nitro benzene ring substituents is 1. The van der Waals surface area contributed by atoms with Gasteiger partial charge >= 0.3 is 0 Å². The van der Waals surface area contributed by atoms with Crippen LogP contribution >= 0.6 is 15.9 Å². The second kappa shape index (κ2) is 12.6. The quantitative estimate of drug-likeness (QED) is 0.147. The molecule has 0 fully saturated rings. The molecule has 3 aromatic rings. The largest absolute Gasteiger partial charge is 0.491 e. The van der Waals surface area contributed by atoms with Gasteiger partial charge < -0.3 is 14.2 Å². The summed E-state index contributed by atoms with van der Waals surface area (Å²) in [6, 6.07) is 19.5. The van der Waals surface area contributed by atoms with Crippen molar-refractivity contribution in [3.63, 3.8) is 0 Å². The van der Waals surface area contributed by atoms with Crippen LogP contribution in [0, 0.1) is 17.0 Å². The van der Waals surface area contributed by atoms with Gasteiger partial charge in [-0.05, 0) is 55.0 Å². The number of nitrogens with one attached hydrogen (secondary N) is 1. The molecule has 172 valence electrons. The first-order valence-electron chi connectivity index (χ1n) is 10.2.